The first-order valence-corrected chi connectivity index (χ1v) is 8.00. The highest BCUT2D eigenvalue weighted by Crippen LogP contribution is 2.24. The third kappa shape index (κ3) is 3.25. The number of morpholine rings is 1. The molecule has 0 aromatic heterocycles. The monoisotopic (exact) mass is 346 g/mol. The molecule has 0 radical (unpaired) electrons. The summed E-state index contributed by atoms with van der Waals surface area (Å²) in [5.74, 6) is -2.20. The van der Waals surface area contributed by atoms with E-state index in [2.05, 4.69) is 0 Å². The second kappa shape index (κ2) is 7.02. The zero-order valence-corrected chi connectivity index (χ0v) is 13.8. The number of amides is 3. The fourth-order valence-electron chi connectivity index (χ4n) is 2.82. The summed E-state index contributed by atoms with van der Waals surface area (Å²) in [7, 11) is 0. The summed E-state index contributed by atoms with van der Waals surface area (Å²) in [5, 5.41) is 0. The average molecular weight is 346 g/mol. The molecule has 0 spiro atoms. The summed E-state index contributed by atoms with van der Waals surface area (Å²) in [6.07, 6.45) is 0. The first kappa shape index (κ1) is 17.1. The highest BCUT2D eigenvalue weighted by Gasteiger charge is 2.41. The number of fused-ring (bicyclic) bond motifs is 1. The SMILES string of the molecule is C[C@@H](C(=O)OCC(=O)N1CCOCC1)N1C(=O)c2ccccc2C1=O. The second-order valence-corrected chi connectivity index (χ2v) is 5.80. The Balaban J connectivity index is 1.60. The lowest BCUT2D eigenvalue weighted by Gasteiger charge is -2.27. The first-order chi connectivity index (χ1) is 12.0. The van der Waals surface area contributed by atoms with E-state index in [0.29, 0.717) is 26.3 Å². The fraction of sp³-hybridized carbons (Fsp3) is 0.412. The lowest BCUT2D eigenvalue weighted by molar-refractivity contribution is -0.156. The third-order valence-electron chi connectivity index (χ3n) is 4.26. The maximum absolute atomic E-state index is 12.3. The van der Waals surface area contributed by atoms with Gasteiger partial charge in [0.15, 0.2) is 6.61 Å². The number of imide groups is 1. The number of carbonyl (C=O) groups excluding carboxylic acids is 4. The molecule has 132 valence electrons. The molecule has 1 fully saturated rings. The predicted octanol–water partition coefficient (Wildman–Crippen LogP) is 0.0731. The van der Waals surface area contributed by atoms with Crippen LogP contribution in [0.5, 0.6) is 0 Å². The Bertz CT molecular complexity index is 691. The highest BCUT2D eigenvalue weighted by atomic mass is 16.5. The van der Waals surface area contributed by atoms with Gasteiger partial charge in [-0.3, -0.25) is 19.3 Å². The molecule has 2 aliphatic rings. The molecular formula is C17H18N2O6. The van der Waals surface area contributed by atoms with E-state index in [1.807, 2.05) is 0 Å². The van der Waals surface area contributed by atoms with Crippen molar-refractivity contribution in [2.24, 2.45) is 0 Å². The van der Waals surface area contributed by atoms with Crippen LogP contribution in [-0.4, -0.2) is 72.4 Å². The van der Waals surface area contributed by atoms with Crippen molar-refractivity contribution in [1.82, 2.24) is 9.80 Å². The van der Waals surface area contributed by atoms with Gasteiger partial charge in [0.05, 0.1) is 24.3 Å². The van der Waals surface area contributed by atoms with Gasteiger partial charge in [0.25, 0.3) is 17.7 Å². The van der Waals surface area contributed by atoms with Crippen molar-refractivity contribution in [3.8, 4) is 0 Å². The summed E-state index contributed by atoms with van der Waals surface area (Å²) in [6, 6.07) is 5.27. The van der Waals surface area contributed by atoms with Crippen molar-refractivity contribution < 1.29 is 28.7 Å². The first-order valence-electron chi connectivity index (χ1n) is 8.00. The quantitative estimate of drug-likeness (QED) is 0.566. The van der Waals surface area contributed by atoms with Crippen LogP contribution in [0.1, 0.15) is 27.6 Å². The number of hydrogen-bond donors (Lipinski definition) is 0. The Morgan fingerprint density at radius 3 is 2.24 bits per heavy atom. The van der Waals surface area contributed by atoms with Gasteiger partial charge in [-0.25, -0.2) is 4.79 Å². The topological polar surface area (TPSA) is 93.2 Å². The van der Waals surface area contributed by atoms with Gasteiger partial charge >= 0.3 is 5.97 Å². The summed E-state index contributed by atoms with van der Waals surface area (Å²) in [5.41, 5.74) is 0.521. The molecule has 0 aliphatic carbocycles. The summed E-state index contributed by atoms with van der Waals surface area (Å²) in [4.78, 5) is 51.3. The second-order valence-electron chi connectivity index (χ2n) is 5.80. The van der Waals surface area contributed by atoms with Gasteiger partial charge in [0.1, 0.15) is 6.04 Å². The molecule has 3 amide bonds. The van der Waals surface area contributed by atoms with Gasteiger partial charge in [-0.15, -0.1) is 0 Å². The number of ether oxygens (including phenoxy) is 2. The number of rotatable bonds is 4. The van der Waals surface area contributed by atoms with Crippen LogP contribution in [0, 0.1) is 0 Å². The van der Waals surface area contributed by atoms with Crippen LogP contribution in [0.4, 0.5) is 0 Å². The average Bonchev–Trinajstić information content (AvgIpc) is 2.90. The Hall–Kier alpha value is -2.74. The molecule has 2 heterocycles. The molecule has 0 N–H and O–H groups in total. The van der Waals surface area contributed by atoms with Crippen molar-refractivity contribution in [3.63, 3.8) is 0 Å². The van der Waals surface area contributed by atoms with Crippen LogP contribution in [-0.2, 0) is 19.1 Å². The van der Waals surface area contributed by atoms with Crippen LogP contribution in [0.25, 0.3) is 0 Å². The highest BCUT2D eigenvalue weighted by molar-refractivity contribution is 6.22. The van der Waals surface area contributed by atoms with E-state index in [1.165, 1.54) is 19.1 Å². The fourth-order valence-corrected chi connectivity index (χ4v) is 2.82. The van der Waals surface area contributed by atoms with Gasteiger partial charge in [-0.05, 0) is 19.1 Å². The van der Waals surface area contributed by atoms with E-state index >= 15 is 0 Å². The molecule has 3 rings (SSSR count). The summed E-state index contributed by atoms with van der Waals surface area (Å²) < 4.78 is 10.2. The standard InChI is InChI=1S/C17H18N2O6/c1-11(17(23)25-10-14(20)18-6-8-24-9-7-18)19-15(21)12-4-2-3-5-13(12)16(19)22/h2-5,11H,6-10H2,1H3/t11-/m0/s1. The Morgan fingerprint density at radius 2 is 1.68 bits per heavy atom. The van der Waals surface area contributed by atoms with Crippen molar-refractivity contribution in [2.75, 3.05) is 32.9 Å². The van der Waals surface area contributed by atoms with E-state index in [9.17, 15) is 19.2 Å². The Kier molecular flexibility index (Phi) is 4.80. The molecule has 0 saturated carbocycles. The van der Waals surface area contributed by atoms with E-state index in [4.69, 9.17) is 9.47 Å². The summed E-state index contributed by atoms with van der Waals surface area (Å²) in [6.45, 7) is 2.78. The minimum atomic E-state index is -1.11. The summed E-state index contributed by atoms with van der Waals surface area (Å²) >= 11 is 0. The smallest absolute Gasteiger partial charge is 0.329 e. The molecule has 0 unspecified atom stereocenters. The molecule has 1 atom stereocenters. The third-order valence-corrected chi connectivity index (χ3v) is 4.26. The molecule has 25 heavy (non-hydrogen) atoms. The van der Waals surface area contributed by atoms with Crippen LogP contribution < -0.4 is 0 Å². The zero-order valence-electron chi connectivity index (χ0n) is 13.8. The van der Waals surface area contributed by atoms with Gasteiger partial charge in [0.2, 0.25) is 0 Å². The zero-order chi connectivity index (χ0) is 18.0. The lowest BCUT2D eigenvalue weighted by atomic mass is 10.1. The minimum absolute atomic E-state index is 0.261. The van der Waals surface area contributed by atoms with Crippen molar-refractivity contribution in [3.05, 3.63) is 35.4 Å². The maximum atomic E-state index is 12.3. The largest absolute Gasteiger partial charge is 0.454 e. The van der Waals surface area contributed by atoms with E-state index in [1.54, 1.807) is 17.0 Å². The van der Waals surface area contributed by atoms with Crippen molar-refractivity contribution in [2.45, 2.75) is 13.0 Å². The van der Waals surface area contributed by atoms with Gasteiger partial charge < -0.3 is 14.4 Å². The van der Waals surface area contributed by atoms with Crippen molar-refractivity contribution in [1.29, 1.82) is 0 Å². The van der Waals surface area contributed by atoms with Gasteiger partial charge in [0, 0.05) is 13.1 Å². The van der Waals surface area contributed by atoms with E-state index in [0.717, 1.165) is 4.90 Å². The van der Waals surface area contributed by atoms with Crippen LogP contribution in [0.2, 0.25) is 0 Å². The minimum Gasteiger partial charge on any atom is -0.454 e. The number of nitrogens with zero attached hydrogens (tertiary/aromatic N) is 2. The van der Waals surface area contributed by atoms with Crippen LogP contribution in [0.15, 0.2) is 24.3 Å². The Labute approximate surface area is 144 Å². The number of benzene rings is 1. The molecule has 8 nitrogen and oxygen atoms in total. The Morgan fingerprint density at radius 1 is 1.12 bits per heavy atom. The molecular weight excluding hydrogens is 328 g/mol. The normalized spacial score (nSPS) is 18.1. The molecule has 1 aromatic rings. The molecule has 8 heteroatoms. The number of esters is 1. The van der Waals surface area contributed by atoms with Gasteiger partial charge in [-0.2, -0.15) is 0 Å². The van der Waals surface area contributed by atoms with Gasteiger partial charge in [-0.1, -0.05) is 12.1 Å². The van der Waals surface area contributed by atoms with Crippen LogP contribution >= 0.6 is 0 Å². The number of carbonyl (C=O) groups is 4. The molecule has 1 aromatic carbocycles. The van der Waals surface area contributed by atoms with E-state index in [-0.39, 0.29) is 17.0 Å². The van der Waals surface area contributed by atoms with Crippen LogP contribution in [0.3, 0.4) is 0 Å². The lowest BCUT2D eigenvalue weighted by Crippen LogP contribution is -2.46. The molecule has 1 saturated heterocycles. The molecule has 0 bridgehead atoms. The molecule has 2 aliphatic heterocycles. The maximum Gasteiger partial charge on any atom is 0.329 e. The van der Waals surface area contributed by atoms with Crippen molar-refractivity contribution >= 4 is 23.7 Å². The predicted molar refractivity (Wildman–Crippen MR) is 84.8 cm³/mol. The van der Waals surface area contributed by atoms with E-state index < -0.39 is 30.4 Å². The number of hydrogen-bond acceptors (Lipinski definition) is 6.